The summed E-state index contributed by atoms with van der Waals surface area (Å²) in [5.74, 6) is 0.877. The highest BCUT2D eigenvalue weighted by molar-refractivity contribution is 7.80. The van der Waals surface area contributed by atoms with Crippen molar-refractivity contribution in [2.45, 2.75) is 19.0 Å². The molecule has 4 heterocycles. The molecule has 2 aliphatic heterocycles. The number of thiocarbonyl (C=S) groups is 1. The van der Waals surface area contributed by atoms with Gasteiger partial charge >= 0.3 is 0 Å². The van der Waals surface area contributed by atoms with Gasteiger partial charge in [0.25, 0.3) is 0 Å². The largest absolute Gasteiger partial charge is 0.494 e. The summed E-state index contributed by atoms with van der Waals surface area (Å²) in [6.45, 7) is 7.96. The molecule has 2 atom stereocenters. The zero-order valence-electron chi connectivity index (χ0n) is 19.5. The summed E-state index contributed by atoms with van der Waals surface area (Å²) in [6.07, 6.45) is 3.96. The van der Waals surface area contributed by atoms with Gasteiger partial charge in [-0.25, -0.2) is 0 Å². The smallest absolute Gasteiger partial charge is 0.170 e. The maximum Gasteiger partial charge on any atom is 0.170 e. The van der Waals surface area contributed by atoms with Crippen LogP contribution in [-0.2, 0) is 4.74 Å². The Morgan fingerprint density at radius 3 is 2.62 bits per heavy atom. The third-order valence-corrected chi connectivity index (χ3v) is 6.82. The van der Waals surface area contributed by atoms with Gasteiger partial charge in [0.2, 0.25) is 0 Å². The molecule has 8 heteroatoms. The summed E-state index contributed by atoms with van der Waals surface area (Å²) in [5, 5.41) is 4.34. The van der Waals surface area contributed by atoms with Crippen molar-refractivity contribution in [2.75, 3.05) is 46.0 Å². The van der Waals surface area contributed by atoms with Gasteiger partial charge in [0.1, 0.15) is 5.75 Å². The molecule has 0 bridgehead atoms. The number of hydrogen-bond donors (Lipinski definition) is 1. The minimum absolute atomic E-state index is 0.0185. The van der Waals surface area contributed by atoms with Gasteiger partial charge in [-0.3, -0.25) is 9.88 Å². The molecule has 0 saturated carbocycles. The highest BCUT2D eigenvalue weighted by Crippen LogP contribution is 2.39. The van der Waals surface area contributed by atoms with Crippen LogP contribution in [0.1, 0.15) is 30.4 Å². The van der Waals surface area contributed by atoms with E-state index in [2.05, 4.69) is 61.2 Å². The van der Waals surface area contributed by atoms with Gasteiger partial charge in [-0.15, -0.1) is 0 Å². The minimum Gasteiger partial charge on any atom is -0.494 e. The maximum absolute atomic E-state index is 5.86. The fraction of sp³-hybridized carbons (Fsp3) is 0.385. The number of nitrogens with zero attached hydrogens (tertiary/aromatic N) is 4. The van der Waals surface area contributed by atoms with Crippen LogP contribution in [0.3, 0.4) is 0 Å². The predicted molar refractivity (Wildman–Crippen MR) is 136 cm³/mol. The van der Waals surface area contributed by atoms with Gasteiger partial charge in [0.05, 0.1) is 37.6 Å². The summed E-state index contributed by atoms with van der Waals surface area (Å²) in [6, 6.07) is 18.6. The van der Waals surface area contributed by atoms with Crippen molar-refractivity contribution in [3.63, 3.8) is 0 Å². The van der Waals surface area contributed by atoms with Crippen LogP contribution >= 0.6 is 12.2 Å². The Morgan fingerprint density at radius 2 is 1.88 bits per heavy atom. The molecule has 2 fully saturated rings. The molecule has 3 aromatic rings. The van der Waals surface area contributed by atoms with Crippen molar-refractivity contribution in [1.29, 1.82) is 0 Å². The lowest BCUT2D eigenvalue weighted by Crippen LogP contribution is -2.42. The van der Waals surface area contributed by atoms with E-state index in [1.165, 1.54) is 5.69 Å². The van der Waals surface area contributed by atoms with Crippen LogP contribution in [0.2, 0.25) is 0 Å². The van der Waals surface area contributed by atoms with Crippen molar-refractivity contribution in [2.24, 2.45) is 0 Å². The first-order chi connectivity index (χ1) is 16.7. The molecular weight excluding hydrogens is 446 g/mol. The average molecular weight is 478 g/mol. The first-order valence-electron chi connectivity index (χ1n) is 11.9. The third-order valence-electron chi connectivity index (χ3n) is 6.47. The van der Waals surface area contributed by atoms with Crippen molar-refractivity contribution < 1.29 is 9.47 Å². The second-order valence-electron chi connectivity index (χ2n) is 8.50. The highest BCUT2D eigenvalue weighted by atomic mass is 32.1. The topological polar surface area (TPSA) is 54.8 Å². The molecule has 0 spiro atoms. The molecule has 1 N–H and O–H groups in total. The van der Waals surface area contributed by atoms with Gasteiger partial charge in [-0.05, 0) is 67.7 Å². The number of hydrogen-bond acceptors (Lipinski definition) is 5. The second kappa shape index (κ2) is 10.5. The number of pyridine rings is 1. The first kappa shape index (κ1) is 22.8. The van der Waals surface area contributed by atoms with E-state index < -0.39 is 0 Å². The number of ether oxygens (including phenoxy) is 2. The monoisotopic (exact) mass is 477 g/mol. The van der Waals surface area contributed by atoms with E-state index in [0.717, 1.165) is 61.6 Å². The molecule has 2 saturated heterocycles. The Bertz CT molecular complexity index is 1080. The van der Waals surface area contributed by atoms with Gasteiger partial charge in [-0.2, -0.15) is 0 Å². The zero-order valence-corrected chi connectivity index (χ0v) is 20.3. The maximum atomic E-state index is 5.86. The van der Waals surface area contributed by atoms with Gasteiger partial charge < -0.3 is 24.3 Å². The molecule has 34 heavy (non-hydrogen) atoms. The van der Waals surface area contributed by atoms with Crippen LogP contribution in [0.5, 0.6) is 5.75 Å². The van der Waals surface area contributed by atoms with Crippen molar-refractivity contribution in [1.82, 2.24) is 24.7 Å². The van der Waals surface area contributed by atoms with Gasteiger partial charge in [-0.1, -0.05) is 6.07 Å². The molecule has 178 valence electrons. The molecule has 0 unspecified atom stereocenters. The molecule has 2 aromatic heterocycles. The van der Waals surface area contributed by atoms with Crippen LogP contribution in [0.15, 0.2) is 67.0 Å². The van der Waals surface area contributed by atoms with Crippen LogP contribution in [0.4, 0.5) is 0 Å². The van der Waals surface area contributed by atoms with E-state index >= 15 is 0 Å². The fourth-order valence-electron chi connectivity index (χ4n) is 4.78. The Labute approximate surface area is 206 Å². The SMILES string of the molecule is CCOc1ccc(-n2cccc2[C@@H]2[C@@H](c3ccccn3)NC(=S)N2CCN2CCOCC2)cc1. The molecular formula is C26H31N5O2S. The first-order valence-corrected chi connectivity index (χ1v) is 12.3. The van der Waals surface area contributed by atoms with E-state index in [9.17, 15) is 0 Å². The molecule has 7 nitrogen and oxygen atoms in total. The van der Waals surface area contributed by atoms with Crippen LogP contribution in [0, 0.1) is 0 Å². The van der Waals surface area contributed by atoms with Crippen LogP contribution in [-0.4, -0.2) is 70.5 Å². The van der Waals surface area contributed by atoms with Gasteiger partial charge in [0.15, 0.2) is 5.11 Å². The van der Waals surface area contributed by atoms with Crippen LogP contribution < -0.4 is 10.1 Å². The van der Waals surface area contributed by atoms with Gasteiger partial charge in [0, 0.05) is 50.0 Å². The van der Waals surface area contributed by atoms with Crippen LogP contribution in [0.25, 0.3) is 5.69 Å². The number of morpholine rings is 1. The standard InChI is InChI=1S/C26H31N5O2S/c1-2-33-21-10-8-20(9-11-21)30-13-5-7-23(30)25-24(22-6-3-4-12-27-22)28-26(34)31(25)15-14-29-16-18-32-19-17-29/h3-13,24-25H,2,14-19H2,1H3,(H,28,34)/t24-,25-/m1/s1. The van der Waals surface area contributed by atoms with E-state index in [0.29, 0.717) is 6.61 Å². The number of nitrogens with one attached hydrogen (secondary N) is 1. The van der Waals surface area contributed by atoms with Crippen molar-refractivity contribution in [3.05, 3.63) is 78.4 Å². The normalized spacial score (nSPS) is 21.0. The molecule has 5 rings (SSSR count). The summed E-state index contributed by atoms with van der Waals surface area (Å²) in [4.78, 5) is 9.44. The lowest BCUT2D eigenvalue weighted by molar-refractivity contribution is 0.0349. The summed E-state index contributed by atoms with van der Waals surface area (Å²) in [5.41, 5.74) is 3.26. The lowest BCUT2D eigenvalue weighted by Gasteiger charge is -2.32. The Hall–Kier alpha value is -2.94. The Balaban J connectivity index is 1.47. The summed E-state index contributed by atoms with van der Waals surface area (Å²) in [7, 11) is 0. The molecule has 1 aromatic carbocycles. The van der Waals surface area contributed by atoms with E-state index in [-0.39, 0.29) is 12.1 Å². The minimum atomic E-state index is -0.0327. The fourth-order valence-corrected chi connectivity index (χ4v) is 5.11. The summed E-state index contributed by atoms with van der Waals surface area (Å²) < 4.78 is 13.4. The van der Waals surface area contributed by atoms with E-state index in [4.69, 9.17) is 21.7 Å². The average Bonchev–Trinajstić information content (AvgIpc) is 3.49. The number of benzene rings is 1. The van der Waals surface area contributed by atoms with Crippen molar-refractivity contribution >= 4 is 17.3 Å². The molecule has 0 aliphatic carbocycles. The predicted octanol–water partition coefficient (Wildman–Crippen LogP) is 3.58. The molecule has 2 aliphatic rings. The quantitative estimate of drug-likeness (QED) is 0.498. The van der Waals surface area contributed by atoms with E-state index in [1.54, 1.807) is 0 Å². The number of rotatable bonds is 8. The zero-order chi connectivity index (χ0) is 23.3. The number of aromatic nitrogens is 2. The highest BCUT2D eigenvalue weighted by Gasteiger charge is 2.41. The Kier molecular flexibility index (Phi) is 7.08. The Morgan fingerprint density at radius 1 is 1.06 bits per heavy atom. The summed E-state index contributed by atoms with van der Waals surface area (Å²) >= 11 is 5.86. The molecule has 0 radical (unpaired) electrons. The lowest BCUT2D eigenvalue weighted by atomic mass is 10.0. The molecule has 0 amide bonds. The van der Waals surface area contributed by atoms with E-state index in [1.807, 2.05) is 37.4 Å². The third kappa shape index (κ3) is 4.80. The second-order valence-corrected chi connectivity index (χ2v) is 8.89. The van der Waals surface area contributed by atoms with Crippen molar-refractivity contribution in [3.8, 4) is 11.4 Å².